The van der Waals surface area contributed by atoms with Gasteiger partial charge in [0.2, 0.25) is 0 Å². The van der Waals surface area contributed by atoms with Crippen LogP contribution in [0.2, 0.25) is 0 Å². The van der Waals surface area contributed by atoms with Crippen LogP contribution in [0.5, 0.6) is 0 Å². The average Bonchev–Trinajstić information content (AvgIpc) is 2.72. The third-order valence-corrected chi connectivity index (χ3v) is 7.23. The Morgan fingerprint density at radius 3 is 1.47 bits per heavy atom. The minimum absolute atomic E-state index is 0.185. The molecule has 0 spiro atoms. The maximum Gasteiger partial charge on any atom is 0.467 e. The molecule has 0 aromatic heterocycles. The number of hydrogen-bond acceptors (Lipinski definition) is 3. The summed E-state index contributed by atoms with van der Waals surface area (Å²) in [6, 6.07) is 11.6. The molecule has 0 fully saturated rings. The molecule has 1 atom stereocenters. The van der Waals surface area contributed by atoms with E-state index in [1.54, 1.807) is 24.3 Å². The summed E-state index contributed by atoms with van der Waals surface area (Å²) in [5.74, 6) is -14.5. The second-order valence-electron chi connectivity index (χ2n) is 7.33. The standard InChI is InChI=1S/C19H15F10NO2S2/c1-30(29,34(31,32)19(27,28)17(22,23)16(20,21)18(24,25)26)10-12-2-6-14(7-3-12)15-8-4-13(11-33)5-9-15/h2-9H,10-11H2,1H3/p+1. The minimum atomic E-state index is -7.51. The highest BCUT2D eigenvalue weighted by Crippen LogP contribution is 2.56. The Bertz CT molecular complexity index is 1110. The number of benzene rings is 2. The van der Waals surface area contributed by atoms with Crippen LogP contribution in [0.25, 0.3) is 11.1 Å². The van der Waals surface area contributed by atoms with E-state index in [4.69, 9.17) is 0 Å². The molecule has 0 amide bonds. The van der Waals surface area contributed by atoms with E-state index in [1.165, 1.54) is 12.1 Å². The molecule has 0 N–H and O–H groups in total. The summed E-state index contributed by atoms with van der Waals surface area (Å²) in [5.41, 5.74) is 1.68. The van der Waals surface area contributed by atoms with E-state index < -0.39 is 44.0 Å². The first-order chi connectivity index (χ1) is 15.2. The monoisotopic (exact) mass is 544 g/mol. The van der Waals surface area contributed by atoms with Crippen LogP contribution in [0, 0.1) is 0 Å². The number of rotatable bonds is 8. The molecule has 2 aromatic carbocycles. The number of alkyl halides is 9. The molecule has 0 saturated heterocycles. The first-order valence-electron chi connectivity index (χ1n) is 9.02. The van der Waals surface area contributed by atoms with E-state index in [9.17, 15) is 52.4 Å². The molecule has 3 nitrogen and oxygen atoms in total. The molecule has 2 aromatic rings. The summed E-state index contributed by atoms with van der Waals surface area (Å²) >= 11 is 4.09. The maximum atomic E-state index is 14.8. The number of halogens is 10. The molecule has 0 aliphatic carbocycles. The lowest BCUT2D eigenvalue weighted by molar-refractivity contribution is -0.946. The normalized spacial score (nSPS) is 15.8. The SMILES string of the molecule is C[N+](F)(Cc1ccc(-c2ccc(CS)cc2)cc1)S(=O)(=O)C(F)(F)C(F)(F)C(F)(F)C(F)(F)F. The van der Waals surface area contributed by atoms with Crippen LogP contribution in [0.1, 0.15) is 11.1 Å². The zero-order valence-electron chi connectivity index (χ0n) is 16.9. The summed E-state index contributed by atoms with van der Waals surface area (Å²) in [6.07, 6.45) is -7.24. The van der Waals surface area contributed by atoms with Gasteiger partial charge in [-0.15, -0.1) is 0 Å². The van der Waals surface area contributed by atoms with Crippen LogP contribution in [-0.2, 0) is 22.3 Å². The van der Waals surface area contributed by atoms with E-state index in [1.807, 2.05) is 0 Å². The van der Waals surface area contributed by atoms with Crippen LogP contribution in [0.3, 0.4) is 0 Å². The number of nitrogens with zero attached hydrogens (tertiary/aromatic N) is 1. The lowest BCUT2D eigenvalue weighted by atomic mass is 10.0. The second-order valence-corrected chi connectivity index (χ2v) is 9.87. The Morgan fingerprint density at radius 2 is 1.12 bits per heavy atom. The van der Waals surface area contributed by atoms with Gasteiger partial charge in [-0.05, 0) is 20.8 Å². The fraction of sp³-hybridized carbons (Fsp3) is 0.368. The van der Waals surface area contributed by atoms with Gasteiger partial charge < -0.3 is 0 Å². The summed E-state index contributed by atoms with van der Waals surface area (Å²) in [4.78, 5) is 0. The molecular formula is C19H16F10NO2S2+. The summed E-state index contributed by atoms with van der Waals surface area (Å²) < 4.78 is 153. The Kier molecular flexibility index (Phi) is 7.39. The van der Waals surface area contributed by atoms with Crippen molar-refractivity contribution in [3.05, 3.63) is 59.7 Å². The fourth-order valence-electron chi connectivity index (χ4n) is 2.78. The van der Waals surface area contributed by atoms with Crippen molar-refractivity contribution in [3.8, 4) is 11.1 Å². The van der Waals surface area contributed by atoms with Crippen molar-refractivity contribution in [2.75, 3.05) is 7.05 Å². The van der Waals surface area contributed by atoms with Crippen LogP contribution in [0.4, 0.5) is 44.0 Å². The van der Waals surface area contributed by atoms with Crippen LogP contribution in [-0.4, -0.2) is 42.9 Å². The van der Waals surface area contributed by atoms with Gasteiger partial charge in [0.15, 0.2) is 6.54 Å². The minimum Gasteiger partial charge on any atom is -0.191 e. The highest BCUT2D eigenvalue weighted by atomic mass is 32.2. The molecule has 0 aliphatic heterocycles. The lowest BCUT2D eigenvalue weighted by Gasteiger charge is -2.34. The Labute approximate surface area is 193 Å². The van der Waals surface area contributed by atoms with Crippen molar-refractivity contribution in [1.29, 1.82) is 0 Å². The van der Waals surface area contributed by atoms with Crippen molar-refractivity contribution < 1.29 is 56.5 Å². The first-order valence-corrected chi connectivity index (χ1v) is 11.1. The van der Waals surface area contributed by atoms with Crippen LogP contribution < -0.4 is 0 Å². The van der Waals surface area contributed by atoms with Crippen LogP contribution >= 0.6 is 12.6 Å². The topological polar surface area (TPSA) is 34.1 Å². The van der Waals surface area contributed by atoms with Gasteiger partial charge in [-0.2, -0.15) is 60.6 Å². The van der Waals surface area contributed by atoms with Gasteiger partial charge >= 0.3 is 33.3 Å². The van der Waals surface area contributed by atoms with E-state index in [-0.39, 0.29) is 12.6 Å². The second kappa shape index (κ2) is 8.90. The number of thiol groups is 1. The van der Waals surface area contributed by atoms with E-state index >= 15 is 0 Å². The molecule has 0 saturated carbocycles. The predicted octanol–water partition coefficient (Wildman–Crippen LogP) is 6.37. The highest BCUT2D eigenvalue weighted by Gasteiger charge is 2.88. The summed E-state index contributed by atoms with van der Waals surface area (Å²) in [6.45, 7) is -1.59. The first kappa shape index (κ1) is 28.2. The molecule has 0 radical (unpaired) electrons. The molecule has 0 heterocycles. The molecule has 190 valence electrons. The van der Waals surface area contributed by atoms with Gasteiger partial charge in [0.25, 0.3) is 0 Å². The van der Waals surface area contributed by atoms with Gasteiger partial charge in [0.1, 0.15) is 7.05 Å². The van der Waals surface area contributed by atoms with Crippen molar-refractivity contribution in [1.82, 2.24) is 0 Å². The molecule has 1 unspecified atom stereocenters. The quantitative estimate of drug-likeness (QED) is 0.238. The molecule has 2 rings (SSSR count). The summed E-state index contributed by atoms with van der Waals surface area (Å²) in [5, 5.41) is -7.13. The maximum absolute atomic E-state index is 14.8. The zero-order chi connectivity index (χ0) is 26.4. The highest BCUT2D eigenvalue weighted by molar-refractivity contribution is 7.86. The predicted molar refractivity (Wildman–Crippen MR) is 105 cm³/mol. The van der Waals surface area contributed by atoms with Crippen LogP contribution in [0.15, 0.2) is 48.5 Å². The Morgan fingerprint density at radius 1 is 0.735 bits per heavy atom. The van der Waals surface area contributed by atoms with Gasteiger partial charge in [-0.1, -0.05) is 48.5 Å². The van der Waals surface area contributed by atoms with Gasteiger partial charge in [-0.25, -0.2) is 0 Å². The molecule has 0 aliphatic rings. The van der Waals surface area contributed by atoms with Gasteiger partial charge in [0.05, 0.1) is 0 Å². The molecule has 15 heteroatoms. The molecule has 34 heavy (non-hydrogen) atoms. The van der Waals surface area contributed by atoms with Gasteiger partial charge in [0, 0.05) is 15.8 Å². The zero-order valence-corrected chi connectivity index (χ0v) is 18.6. The third-order valence-electron chi connectivity index (χ3n) is 4.83. The molecular weight excluding hydrogens is 528 g/mol. The third kappa shape index (κ3) is 4.61. The largest absolute Gasteiger partial charge is 0.467 e. The number of quaternary nitrogens is 1. The average molecular weight is 544 g/mol. The fourth-order valence-corrected chi connectivity index (χ4v) is 4.24. The smallest absolute Gasteiger partial charge is 0.191 e. The molecule has 0 bridgehead atoms. The lowest BCUT2D eigenvalue weighted by Crippen LogP contribution is -2.66. The van der Waals surface area contributed by atoms with Crippen molar-refractivity contribution in [3.63, 3.8) is 0 Å². The Hall–Kier alpha value is -2.00. The number of hydrogen-bond donors (Lipinski definition) is 1. The van der Waals surface area contributed by atoms with Crippen molar-refractivity contribution in [2.24, 2.45) is 0 Å². The van der Waals surface area contributed by atoms with Gasteiger partial charge in [-0.3, -0.25) is 0 Å². The Balaban J connectivity index is 2.37. The van der Waals surface area contributed by atoms with Crippen molar-refractivity contribution >= 4 is 22.7 Å². The van der Waals surface area contributed by atoms with E-state index in [0.717, 1.165) is 17.7 Å². The summed E-state index contributed by atoms with van der Waals surface area (Å²) in [7, 11) is -7.49. The van der Waals surface area contributed by atoms with Crippen molar-refractivity contribution in [2.45, 2.75) is 35.6 Å². The van der Waals surface area contributed by atoms with E-state index in [2.05, 4.69) is 12.6 Å². The van der Waals surface area contributed by atoms with E-state index in [0.29, 0.717) is 16.9 Å². The number of sulfonamides is 1.